The Morgan fingerprint density at radius 2 is 1.60 bits per heavy atom. The van der Waals surface area contributed by atoms with E-state index in [9.17, 15) is 4.79 Å². The van der Waals surface area contributed by atoms with Gasteiger partial charge in [-0.2, -0.15) is 0 Å². The predicted molar refractivity (Wildman–Crippen MR) is 182 cm³/mol. The van der Waals surface area contributed by atoms with Crippen LogP contribution in [0.1, 0.15) is 67.7 Å². The summed E-state index contributed by atoms with van der Waals surface area (Å²) in [6.45, 7) is 11.2. The van der Waals surface area contributed by atoms with Gasteiger partial charge in [-0.3, -0.25) is 4.79 Å². The molecule has 0 spiro atoms. The van der Waals surface area contributed by atoms with E-state index in [2.05, 4.69) is 59.0 Å². The summed E-state index contributed by atoms with van der Waals surface area (Å²) in [6.07, 6.45) is 5.60. The number of carbonyl (C=O) groups is 1. The molecule has 0 saturated carbocycles. The van der Waals surface area contributed by atoms with Gasteiger partial charge in [-0.25, -0.2) is 4.98 Å². The third-order valence-electron chi connectivity index (χ3n) is 8.72. The van der Waals surface area contributed by atoms with E-state index in [1.54, 1.807) is 33.5 Å². The van der Waals surface area contributed by atoms with Crippen LogP contribution in [-0.4, -0.2) is 79.7 Å². The van der Waals surface area contributed by atoms with Gasteiger partial charge in [0.1, 0.15) is 5.82 Å². The van der Waals surface area contributed by atoms with Crippen LogP contribution in [-0.2, 0) is 5.41 Å². The molecule has 8 heteroatoms. The maximum Gasteiger partial charge on any atom is 0.254 e. The molecule has 1 atom stereocenters. The van der Waals surface area contributed by atoms with Crippen molar-refractivity contribution in [2.24, 2.45) is 0 Å². The van der Waals surface area contributed by atoms with E-state index >= 15 is 0 Å². The number of aryl methyl sites for hydroxylation is 1. The first-order valence-electron chi connectivity index (χ1n) is 16.2. The van der Waals surface area contributed by atoms with Crippen molar-refractivity contribution in [3.8, 4) is 17.2 Å². The van der Waals surface area contributed by atoms with Crippen LogP contribution in [0.4, 0.5) is 0 Å². The normalized spacial score (nSPS) is 16.0. The van der Waals surface area contributed by atoms with Crippen LogP contribution in [0.15, 0.2) is 66.7 Å². The molecule has 45 heavy (non-hydrogen) atoms. The van der Waals surface area contributed by atoms with Crippen LogP contribution in [0.2, 0.25) is 0 Å². The van der Waals surface area contributed by atoms with Gasteiger partial charge in [-0.05, 0) is 82.1 Å². The summed E-state index contributed by atoms with van der Waals surface area (Å²) < 4.78 is 16.4. The van der Waals surface area contributed by atoms with Crippen LogP contribution in [0.5, 0.6) is 17.2 Å². The first kappa shape index (κ1) is 33.8. The number of amides is 1. The number of nitrogens with zero attached hydrogens (tertiary/aromatic N) is 3. The summed E-state index contributed by atoms with van der Waals surface area (Å²) in [4.78, 5) is 25.6. The molecule has 1 saturated heterocycles. The number of benzene rings is 3. The van der Waals surface area contributed by atoms with Crippen molar-refractivity contribution >= 4 is 16.9 Å². The molecule has 1 aliphatic heterocycles. The second-order valence-electron chi connectivity index (χ2n) is 11.8. The second kappa shape index (κ2) is 16.3. The summed E-state index contributed by atoms with van der Waals surface area (Å²) in [5, 5.41) is 0. The molecule has 2 heterocycles. The molecule has 1 unspecified atom stereocenters. The smallest absolute Gasteiger partial charge is 0.254 e. The van der Waals surface area contributed by atoms with E-state index in [1.807, 2.05) is 36.1 Å². The van der Waals surface area contributed by atoms with E-state index in [-0.39, 0.29) is 11.3 Å². The number of aromatic amines is 1. The topological polar surface area (TPSA) is 79.9 Å². The van der Waals surface area contributed by atoms with E-state index in [1.165, 1.54) is 18.4 Å². The fraction of sp³-hybridized carbons (Fsp3) is 0.459. The average Bonchev–Trinajstić information content (AvgIpc) is 3.69. The Balaban J connectivity index is 0.000000385. The highest BCUT2D eigenvalue weighted by Gasteiger charge is 2.41. The van der Waals surface area contributed by atoms with Gasteiger partial charge in [0.15, 0.2) is 11.5 Å². The molecule has 0 aliphatic carbocycles. The maximum absolute atomic E-state index is 13.6. The summed E-state index contributed by atoms with van der Waals surface area (Å²) in [5.74, 6) is 2.46. The third kappa shape index (κ3) is 8.37. The van der Waals surface area contributed by atoms with E-state index in [0.717, 1.165) is 62.3 Å². The molecule has 1 aromatic heterocycles. The Labute approximate surface area is 268 Å². The predicted octanol–water partition coefficient (Wildman–Crippen LogP) is 7.27. The highest BCUT2D eigenvalue weighted by Crippen LogP contribution is 2.41. The lowest BCUT2D eigenvalue weighted by Crippen LogP contribution is -2.38. The molecular weight excluding hydrogens is 564 g/mol. The monoisotopic (exact) mass is 614 g/mol. The minimum absolute atomic E-state index is 0.00143. The van der Waals surface area contributed by atoms with Crippen molar-refractivity contribution in [1.82, 2.24) is 19.8 Å². The Kier molecular flexibility index (Phi) is 12.3. The number of methoxy groups -OCH3 is 3. The third-order valence-corrected chi connectivity index (χ3v) is 8.72. The zero-order valence-electron chi connectivity index (χ0n) is 27.9. The lowest BCUT2D eigenvalue weighted by atomic mass is 9.76. The minimum atomic E-state index is -0.0459. The molecule has 5 rings (SSSR count). The number of imidazole rings is 1. The van der Waals surface area contributed by atoms with Crippen molar-refractivity contribution in [1.29, 1.82) is 0 Å². The number of H-pyrrole nitrogens is 1. The van der Waals surface area contributed by atoms with Gasteiger partial charge in [0, 0.05) is 24.1 Å². The Morgan fingerprint density at radius 1 is 0.911 bits per heavy atom. The summed E-state index contributed by atoms with van der Waals surface area (Å²) in [7, 11) is 4.71. The fourth-order valence-electron chi connectivity index (χ4n) is 6.29. The molecule has 242 valence electrons. The molecule has 4 aromatic rings. The van der Waals surface area contributed by atoms with E-state index < -0.39 is 0 Å². The number of aromatic nitrogens is 2. The molecule has 8 nitrogen and oxygen atoms in total. The number of fused-ring (bicyclic) bond motifs is 1. The first-order chi connectivity index (χ1) is 21.9. The Bertz CT molecular complexity index is 1450. The van der Waals surface area contributed by atoms with Gasteiger partial charge in [0.05, 0.1) is 32.4 Å². The van der Waals surface area contributed by atoms with Gasteiger partial charge in [-0.15, -0.1) is 0 Å². The standard InChI is InChI=1S/C29H42N2O4.C8H8N2/c1-6-8-17-30(16-7-2)18-14-29(24-12-10-9-11-13-24)15-19-31(22-29)28(32)23-20-25(33-3)27(35-5)26(21-23)34-4;1-6-9-7-4-2-3-5-8(7)10-6/h9-13,20-21H,6-8,14-19,22H2,1-5H3;2-5H,1H3,(H,9,10). The van der Waals surface area contributed by atoms with Crippen LogP contribution in [0.3, 0.4) is 0 Å². The zero-order chi connectivity index (χ0) is 32.2. The first-order valence-corrected chi connectivity index (χ1v) is 16.2. The number of para-hydroxylation sites is 2. The van der Waals surface area contributed by atoms with Gasteiger partial charge >= 0.3 is 0 Å². The van der Waals surface area contributed by atoms with Gasteiger partial charge < -0.3 is 29.0 Å². The Morgan fingerprint density at radius 3 is 2.22 bits per heavy atom. The minimum Gasteiger partial charge on any atom is -0.493 e. The number of rotatable bonds is 13. The molecule has 0 radical (unpaired) electrons. The fourth-order valence-corrected chi connectivity index (χ4v) is 6.29. The number of carbonyl (C=O) groups excluding carboxylic acids is 1. The Hall–Kier alpha value is -4.04. The molecule has 3 aromatic carbocycles. The van der Waals surface area contributed by atoms with E-state index in [4.69, 9.17) is 14.2 Å². The van der Waals surface area contributed by atoms with Crippen molar-refractivity contribution in [3.05, 3.63) is 83.7 Å². The molecular formula is C37H50N4O4. The van der Waals surface area contributed by atoms with E-state index in [0.29, 0.717) is 29.4 Å². The molecule has 1 amide bonds. The highest BCUT2D eigenvalue weighted by atomic mass is 16.5. The average molecular weight is 615 g/mol. The molecule has 1 N–H and O–H groups in total. The van der Waals surface area contributed by atoms with Crippen LogP contribution in [0.25, 0.3) is 11.0 Å². The SMILES string of the molecule is CCCCN(CCC)CCC1(c2ccccc2)CCN(C(=O)c2cc(OC)c(OC)c(OC)c2)C1.Cc1nc2ccccc2[nH]1. The van der Waals surface area contributed by atoms with Crippen LogP contribution in [0, 0.1) is 6.92 Å². The molecule has 1 fully saturated rings. The van der Waals surface area contributed by atoms with Crippen molar-refractivity contribution in [3.63, 3.8) is 0 Å². The van der Waals surface area contributed by atoms with Crippen molar-refractivity contribution in [2.45, 2.75) is 58.3 Å². The highest BCUT2D eigenvalue weighted by molar-refractivity contribution is 5.96. The van der Waals surface area contributed by atoms with Gasteiger partial charge in [0.2, 0.25) is 5.75 Å². The zero-order valence-corrected chi connectivity index (χ0v) is 27.9. The molecule has 1 aliphatic rings. The summed E-state index contributed by atoms with van der Waals surface area (Å²) >= 11 is 0. The number of unbranched alkanes of at least 4 members (excludes halogenated alkanes) is 1. The summed E-state index contributed by atoms with van der Waals surface area (Å²) in [5.41, 5.74) is 3.99. The summed E-state index contributed by atoms with van der Waals surface area (Å²) in [6, 6.07) is 22.3. The number of hydrogen-bond acceptors (Lipinski definition) is 6. The maximum atomic E-state index is 13.6. The van der Waals surface area contributed by atoms with Crippen molar-refractivity contribution in [2.75, 3.05) is 54.1 Å². The molecule has 0 bridgehead atoms. The number of likely N-dealkylation sites (tertiary alicyclic amines) is 1. The number of nitrogens with one attached hydrogen (secondary N) is 1. The number of hydrogen-bond donors (Lipinski definition) is 1. The van der Waals surface area contributed by atoms with Gasteiger partial charge in [-0.1, -0.05) is 62.7 Å². The van der Waals surface area contributed by atoms with Crippen molar-refractivity contribution < 1.29 is 19.0 Å². The van der Waals surface area contributed by atoms with Crippen LogP contribution >= 0.6 is 0 Å². The largest absolute Gasteiger partial charge is 0.493 e. The number of ether oxygens (including phenoxy) is 3. The van der Waals surface area contributed by atoms with Crippen LogP contribution < -0.4 is 14.2 Å². The lowest BCUT2D eigenvalue weighted by Gasteiger charge is -2.33. The second-order valence-corrected chi connectivity index (χ2v) is 11.8. The van der Waals surface area contributed by atoms with Gasteiger partial charge in [0.25, 0.3) is 5.91 Å². The quantitative estimate of drug-likeness (QED) is 0.171. The lowest BCUT2D eigenvalue weighted by molar-refractivity contribution is 0.0780.